The number of hydrogen-bond acceptors (Lipinski definition) is 7. The first-order chi connectivity index (χ1) is 17.8. The van der Waals surface area contributed by atoms with E-state index in [1.807, 2.05) is 38.1 Å². The second-order valence-corrected chi connectivity index (χ2v) is 10.8. The lowest BCUT2D eigenvalue weighted by atomic mass is 9.62. The summed E-state index contributed by atoms with van der Waals surface area (Å²) in [5.41, 5.74) is -0.374. The zero-order valence-corrected chi connectivity index (χ0v) is 21.6. The maximum absolute atomic E-state index is 13.9. The highest BCUT2D eigenvalue weighted by molar-refractivity contribution is 5.99. The van der Waals surface area contributed by atoms with E-state index in [-0.39, 0.29) is 36.9 Å². The number of para-hydroxylation sites is 1. The quantitative estimate of drug-likeness (QED) is 0.401. The number of rotatable bonds is 10. The van der Waals surface area contributed by atoms with Crippen LogP contribution in [-0.4, -0.2) is 80.2 Å². The van der Waals surface area contributed by atoms with E-state index in [2.05, 4.69) is 20.9 Å². The Bertz CT molecular complexity index is 1200. The number of hydrogen-bond donors (Lipinski definition) is 3. The summed E-state index contributed by atoms with van der Waals surface area (Å²) in [4.78, 5) is 42.5. The number of aliphatic hydroxyl groups excluding tert-OH is 1. The third-order valence-corrected chi connectivity index (χ3v) is 8.72. The van der Waals surface area contributed by atoms with Crippen LogP contribution in [0.3, 0.4) is 0 Å². The highest BCUT2D eigenvalue weighted by Crippen LogP contribution is 2.65. The van der Waals surface area contributed by atoms with Gasteiger partial charge in [0.05, 0.1) is 23.0 Å². The molecule has 37 heavy (non-hydrogen) atoms. The van der Waals surface area contributed by atoms with Gasteiger partial charge in [-0.1, -0.05) is 37.1 Å². The Balaban J connectivity index is 1.44. The fourth-order valence-corrected chi connectivity index (χ4v) is 6.87. The molecule has 3 saturated heterocycles. The molecule has 3 unspecified atom stereocenters. The monoisotopic (exact) mass is 512 g/mol. The van der Waals surface area contributed by atoms with Gasteiger partial charge in [0.15, 0.2) is 0 Å². The molecule has 3 fully saturated rings. The Morgan fingerprint density at radius 2 is 1.95 bits per heavy atom. The second kappa shape index (κ2) is 9.68. The number of ether oxygens (including phenoxy) is 1. The van der Waals surface area contributed by atoms with Crippen molar-refractivity contribution in [2.75, 3.05) is 20.2 Å². The zero-order chi connectivity index (χ0) is 26.4. The van der Waals surface area contributed by atoms with E-state index in [9.17, 15) is 14.4 Å². The molecule has 0 saturated carbocycles. The number of unbranched alkanes of at least 4 members (excludes halogenated alkanes) is 3. The minimum absolute atomic E-state index is 0.00193. The lowest BCUT2D eigenvalue weighted by molar-refractivity contribution is -0.147. The summed E-state index contributed by atoms with van der Waals surface area (Å²) in [6.07, 6.45) is 3.60. The Morgan fingerprint density at radius 3 is 2.70 bits per heavy atom. The van der Waals surface area contributed by atoms with Gasteiger partial charge in [-0.2, -0.15) is 0 Å². The number of amides is 3. The van der Waals surface area contributed by atoms with Crippen molar-refractivity contribution in [3.05, 3.63) is 24.3 Å². The number of aliphatic hydroxyl groups is 1. The van der Waals surface area contributed by atoms with Crippen LogP contribution in [0.1, 0.15) is 46.0 Å². The molecule has 3 N–H and O–H groups in total. The SMILES string of the molecule is CNC(=O)[C@H]1[C@H]2C(=O)N(CCCCCCO)C(C(=O)NCn3nnc4ccccc43)C23CC(C)[C@]1(C)O3. The Morgan fingerprint density at radius 1 is 1.19 bits per heavy atom. The Kier molecular flexibility index (Phi) is 6.70. The first kappa shape index (κ1) is 25.6. The number of carbonyl (C=O) groups is 3. The van der Waals surface area contributed by atoms with Gasteiger partial charge in [-0.25, -0.2) is 4.68 Å². The van der Waals surface area contributed by atoms with Crippen LogP contribution in [0, 0.1) is 17.8 Å². The third-order valence-electron chi connectivity index (χ3n) is 8.72. The highest BCUT2D eigenvalue weighted by atomic mass is 16.5. The summed E-state index contributed by atoms with van der Waals surface area (Å²) in [6.45, 7) is 4.55. The van der Waals surface area contributed by atoms with Crippen molar-refractivity contribution in [1.82, 2.24) is 30.5 Å². The summed E-state index contributed by atoms with van der Waals surface area (Å²) in [5.74, 6) is -2.13. The van der Waals surface area contributed by atoms with Gasteiger partial charge in [0.25, 0.3) is 0 Å². The topological polar surface area (TPSA) is 139 Å². The summed E-state index contributed by atoms with van der Waals surface area (Å²) < 4.78 is 8.27. The van der Waals surface area contributed by atoms with E-state index in [0.717, 1.165) is 23.9 Å². The van der Waals surface area contributed by atoms with Crippen LogP contribution in [0.2, 0.25) is 0 Å². The largest absolute Gasteiger partial charge is 0.396 e. The van der Waals surface area contributed by atoms with E-state index >= 15 is 0 Å². The van der Waals surface area contributed by atoms with E-state index in [1.165, 1.54) is 0 Å². The van der Waals surface area contributed by atoms with Crippen molar-refractivity contribution in [2.45, 2.75) is 69.9 Å². The maximum atomic E-state index is 13.9. The number of nitrogens with one attached hydrogen (secondary N) is 2. The van der Waals surface area contributed by atoms with Crippen LogP contribution in [0.15, 0.2) is 24.3 Å². The van der Waals surface area contributed by atoms with Crippen molar-refractivity contribution < 1.29 is 24.2 Å². The smallest absolute Gasteiger partial charge is 0.247 e. The standard InChI is InChI=1S/C26H36N6O5/c1-16-14-26-20(19(22(34)27-3)25(16,2)37-26)24(36)31(12-8-4-5-9-13-33)21(26)23(35)28-15-32-18-11-7-6-10-17(18)29-30-32/h6-7,10-11,16,19-21,33H,4-5,8-9,12-15H2,1-3H3,(H,27,34)(H,28,35)/t16?,19-,20+,21?,25+,26?/m1/s1. The third kappa shape index (κ3) is 3.90. The molecule has 4 heterocycles. The van der Waals surface area contributed by atoms with Crippen LogP contribution < -0.4 is 10.6 Å². The van der Waals surface area contributed by atoms with Gasteiger partial charge in [0, 0.05) is 20.2 Å². The minimum atomic E-state index is -1.07. The van der Waals surface area contributed by atoms with Gasteiger partial charge in [0.1, 0.15) is 23.8 Å². The van der Waals surface area contributed by atoms with Crippen molar-refractivity contribution in [2.24, 2.45) is 17.8 Å². The van der Waals surface area contributed by atoms with E-state index < -0.39 is 29.1 Å². The molecule has 3 aliphatic heterocycles. The fraction of sp³-hybridized carbons (Fsp3) is 0.654. The molecule has 1 aromatic carbocycles. The van der Waals surface area contributed by atoms with Crippen LogP contribution in [0.25, 0.3) is 11.0 Å². The minimum Gasteiger partial charge on any atom is -0.396 e. The number of carbonyl (C=O) groups excluding carboxylic acids is 3. The number of fused-ring (bicyclic) bond motifs is 2. The lowest BCUT2D eigenvalue weighted by Crippen LogP contribution is -2.56. The number of benzene rings is 1. The predicted molar refractivity (Wildman–Crippen MR) is 134 cm³/mol. The van der Waals surface area contributed by atoms with Gasteiger partial charge in [-0.15, -0.1) is 5.10 Å². The van der Waals surface area contributed by atoms with Gasteiger partial charge < -0.3 is 25.4 Å². The second-order valence-electron chi connectivity index (χ2n) is 10.8. The average Bonchev–Trinajstić information content (AvgIpc) is 3.56. The number of likely N-dealkylation sites (tertiary alicyclic amines) is 1. The molecule has 0 radical (unpaired) electrons. The molecule has 2 bridgehead atoms. The Hall–Kier alpha value is -3.05. The van der Waals surface area contributed by atoms with Crippen molar-refractivity contribution in [3.8, 4) is 0 Å². The van der Waals surface area contributed by atoms with E-state index in [4.69, 9.17) is 9.84 Å². The molecule has 2 aromatic rings. The molecule has 11 nitrogen and oxygen atoms in total. The van der Waals surface area contributed by atoms with Crippen LogP contribution in [-0.2, 0) is 25.8 Å². The van der Waals surface area contributed by atoms with Crippen molar-refractivity contribution in [1.29, 1.82) is 0 Å². The molecular formula is C26H36N6O5. The van der Waals surface area contributed by atoms with Crippen LogP contribution in [0.5, 0.6) is 0 Å². The first-order valence-electron chi connectivity index (χ1n) is 13.2. The molecule has 0 aliphatic carbocycles. The Labute approximate surface area is 215 Å². The predicted octanol–water partition coefficient (Wildman–Crippen LogP) is 0.814. The molecule has 1 aromatic heterocycles. The van der Waals surface area contributed by atoms with E-state index in [1.54, 1.807) is 16.6 Å². The lowest BCUT2D eigenvalue weighted by Gasteiger charge is -2.36. The summed E-state index contributed by atoms with van der Waals surface area (Å²) in [5, 5.41) is 23.1. The summed E-state index contributed by atoms with van der Waals surface area (Å²) >= 11 is 0. The highest BCUT2D eigenvalue weighted by Gasteiger charge is 2.79. The van der Waals surface area contributed by atoms with Crippen molar-refractivity contribution >= 4 is 28.8 Å². The maximum Gasteiger partial charge on any atom is 0.247 e. The summed E-state index contributed by atoms with van der Waals surface area (Å²) in [6, 6.07) is 6.64. The molecule has 3 aliphatic rings. The molecule has 200 valence electrons. The molecule has 1 spiro atoms. The van der Waals surface area contributed by atoms with Crippen molar-refractivity contribution in [3.63, 3.8) is 0 Å². The van der Waals surface area contributed by atoms with Gasteiger partial charge in [-0.05, 0) is 44.2 Å². The van der Waals surface area contributed by atoms with E-state index in [0.29, 0.717) is 25.8 Å². The molecule has 6 atom stereocenters. The fourth-order valence-electron chi connectivity index (χ4n) is 6.87. The average molecular weight is 513 g/mol. The van der Waals surface area contributed by atoms with Gasteiger partial charge in [-0.3, -0.25) is 14.4 Å². The molecule has 5 rings (SSSR count). The van der Waals surface area contributed by atoms with Crippen LogP contribution in [0.4, 0.5) is 0 Å². The van der Waals surface area contributed by atoms with Gasteiger partial charge in [0.2, 0.25) is 17.7 Å². The molecule has 3 amide bonds. The van der Waals surface area contributed by atoms with Crippen LogP contribution >= 0.6 is 0 Å². The summed E-state index contributed by atoms with van der Waals surface area (Å²) in [7, 11) is 1.57. The number of nitrogens with zero attached hydrogens (tertiary/aromatic N) is 4. The normalized spacial score (nSPS) is 32.2. The molecular weight excluding hydrogens is 476 g/mol. The zero-order valence-electron chi connectivity index (χ0n) is 21.6. The first-order valence-corrected chi connectivity index (χ1v) is 13.2. The van der Waals surface area contributed by atoms with Gasteiger partial charge >= 0.3 is 0 Å². The number of aromatic nitrogens is 3. The molecule has 11 heteroatoms.